The molecule has 0 spiro atoms. The van der Waals surface area contributed by atoms with Gasteiger partial charge in [-0.25, -0.2) is 4.79 Å². The summed E-state index contributed by atoms with van der Waals surface area (Å²) in [5.74, 6) is 0.671. The molecule has 1 saturated heterocycles. The number of anilines is 1. The van der Waals surface area contributed by atoms with Crippen LogP contribution in [0.1, 0.15) is 42.1 Å². The molecule has 3 aromatic rings. The lowest BCUT2D eigenvalue weighted by Crippen LogP contribution is -2.26. The van der Waals surface area contributed by atoms with Crippen LogP contribution in [0, 0.1) is 0 Å². The summed E-state index contributed by atoms with van der Waals surface area (Å²) < 4.78 is 16.4. The van der Waals surface area contributed by atoms with E-state index in [2.05, 4.69) is 10.2 Å². The highest BCUT2D eigenvalue weighted by molar-refractivity contribution is 6.03. The number of methoxy groups -OCH3 is 1. The lowest BCUT2D eigenvalue weighted by molar-refractivity contribution is -0.117. The van der Waals surface area contributed by atoms with Gasteiger partial charge in [0.05, 0.1) is 18.4 Å². The Labute approximate surface area is 173 Å². The van der Waals surface area contributed by atoms with Gasteiger partial charge in [0, 0.05) is 18.5 Å². The Bertz CT molecular complexity index is 1060. The van der Waals surface area contributed by atoms with Crippen molar-refractivity contribution in [1.82, 2.24) is 10.2 Å². The summed E-state index contributed by atoms with van der Waals surface area (Å²) in [6.07, 6.45) is 0.504. The zero-order valence-corrected chi connectivity index (χ0v) is 16.7. The fourth-order valence-corrected chi connectivity index (χ4v) is 3.31. The average Bonchev–Trinajstić information content (AvgIpc) is 3.43. The van der Waals surface area contributed by atoms with Crippen LogP contribution in [-0.4, -0.2) is 35.7 Å². The minimum atomic E-state index is -0.751. The second-order valence-corrected chi connectivity index (χ2v) is 6.89. The first kappa shape index (κ1) is 19.6. The number of ether oxygens (including phenoxy) is 2. The third kappa shape index (κ3) is 3.89. The van der Waals surface area contributed by atoms with Gasteiger partial charge in [-0.05, 0) is 49.7 Å². The quantitative estimate of drug-likeness (QED) is 0.574. The highest BCUT2D eigenvalue weighted by Gasteiger charge is 2.27. The summed E-state index contributed by atoms with van der Waals surface area (Å²) in [6, 6.07) is 14.1. The van der Waals surface area contributed by atoms with Crippen molar-refractivity contribution in [2.75, 3.05) is 18.6 Å². The molecule has 4 rings (SSSR count). The Kier molecular flexibility index (Phi) is 5.47. The van der Waals surface area contributed by atoms with Gasteiger partial charge in [0.15, 0.2) is 6.10 Å². The summed E-state index contributed by atoms with van der Waals surface area (Å²) in [7, 11) is 1.59. The van der Waals surface area contributed by atoms with Gasteiger partial charge in [-0.3, -0.25) is 4.79 Å². The number of amides is 1. The molecule has 2 aromatic carbocycles. The Morgan fingerprint density at radius 3 is 2.60 bits per heavy atom. The second-order valence-electron chi connectivity index (χ2n) is 6.89. The van der Waals surface area contributed by atoms with Crippen LogP contribution in [0.5, 0.6) is 5.75 Å². The third-order valence-electron chi connectivity index (χ3n) is 4.90. The zero-order valence-electron chi connectivity index (χ0n) is 16.7. The molecular weight excluding hydrogens is 386 g/mol. The van der Waals surface area contributed by atoms with Crippen LogP contribution in [0.2, 0.25) is 0 Å². The number of esters is 1. The van der Waals surface area contributed by atoms with Gasteiger partial charge in [0.1, 0.15) is 5.75 Å². The predicted molar refractivity (Wildman–Crippen MR) is 108 cm³/mol. The van der Waals surface area contributed by atoms with Gasteiger partial charge in [-0.1, -0.05) is 12.1 Å². The number of nitrogens with zero attached hydrogens (tertiary/aromatic N) is 3. The van der Waals surface area contributed by atoms with E-state index in [1.54, 1.807) is 67.5 Å². The van der Waals surface area contributed by atoms with E-state index in [1.807, 2.05) is 0 Å². The summed E-state index contributed by atoms with van der Waals surface area (Å²) in [5.41, 5.74) is 1.61. The maximum atomic E-state index is 12.8. The molecule has 0 radical (unpaired) electrons. The number of carbonyl (C=O) groups excluding carboxylic acids is 2. The smallest absolute Gasteiger partial charge is 0.341 e. The van der Waals surface area contributed by atoms with Crippen LogP contribution in [0.4, 0.5) is 5.69 Å². The lowest BCUT2D eigenvalue weighted by atomic mass is 10.1. The van der Waals surface area contributed by atoms with Crippen molar-refractivity contribution in [3.05, 3.63) is 60.0 Å². The molecule has 0 unspecified atom stereocenters. The van der Waals surface area contributed by atoms with Gasteiger partial charge in [0.25, 0.3) is 5.89 Å². The van der Waals surface area contributed by atoms with Crippen LogP contribution in [0.3, 0.4) is 0 Å². The maximum Gasteiger partial charge on any atom is 0.341 e. The fourth-order valence-electron chi connectivity index (χ4n) is 3.31. The van der Waals surface area contributed by atoms with Crippen LogP contribution in [-0.2, 0) is 9.53 Å². The number of para-hydroxylation sites is 1. The van der Waals surface area contributed by atoms with E-state index in [1.165, 1.54) is 0 Å². The minimum absolute atomic E-state index is 0.00401. The molecule has 154 valence electrons. The number of hydrogen-bond donors (Lipinski definition) is 0. The molecule has 0 bridgehead atoms. The normalized spacial score (nSPS) is 14.6. The van der Waals surface area contributed by atoms with Gasteiger partial charge >= 0.3 is 5.97 Å². The van der Waals surface area contributed by atoms with Gasteiger partial charge in [0.2, 0.25) is 11.8 Å². The molecular formula is C22H21N3O5. The Balaban J connectivity index is 1.49. The first-order valence-corrected chi connectivity index (χ1v) is 9.65. The molecule has 2 heterocycles. The number of hydrogen-bond acceptors (Lipinski definition) is 7. The average molecular weight is 407 g/mol. The second kappa shape index (κ2) is 8.36. The predicted octanol–water partition coefficient (Wildman–Crippen LogP) is 3.79. The minimum Gasteiger partial charge on any atom is -0.497 e. The first-order chi connectivity index (χ1) is 14.6. The molecule has 1 aliphatic rings. The number of carbonyl (C=O) groups is 2. The Morgan fingerprint density at radius 1 is 1.13 bits per heavy atom. The molecule has 0 aliphatic carbocycles. The monoisotopic (exact) mass is 407 g/mol. The van der Waals surface area contributed by atoms with Crippen molar-refractivity contribution in [1.29, 1.82) is 0 Å². The standard InChI is InChI=1S/C22H21N3O5/c1-14(20-23-24-21(30-20)15-9-11-16(28-2)12-10-15)29-22(27)17-6-3-4-7-18(17)25-13-5-8-19(25)26/h3-4,6-7,9-12,14H,5,8,13H2,1-2H3/t14-/m1/s1. The van der Waals surface area contributed by atoms with Crippen molar-refractivity contribution >= 4 is 17.6 Å². The highest BCUT2D eigenvalue weighted by atomic mass is 16.6. The topological polar surface area (TPSA) is 94.8 Å². The van der Waals surface area contributed by atoms with Crippen LogP contribution in [0.15, 0.2) is 52.9 Å². The largest absolute Gasteiger partial charge is 0.497 e. The molecule has 1 amide bonds. The molecule has 0 saturated carbocycles. The first-order valence-electron chi connectivity index (χ1n) is 9.65. The molecule has 8 heteroatoms. The van der Waals surface area contributed by atoms with Gasteiger partial charge < -0.3 is 18.8 Å². The zero-order chi connectivity index (χ0) is 21.1. The van der Waals surface area contributed by atoms with E-state index >= 15 is 0 Å². The summed E-state index contributed by atoms with van der Waals surface area (Å²) >= 11 is 0. The number of benzene rings is 2. The number of aromatic nitrogens is 2. The Morgan fingerprint density at radius 2 is 1.90 bits per heavy atom. The van der Waals surface area contributed by atoms with Gasteiger partial charge in [-0.2, -0.15) is 0 Å². The van der Waals surface area contributed by atoms with Crippen molar-refractivity contribution in [2.24, 2.45) is 0 Å². The molecule has 0 N–H and O–H groups in total. The van der Waals surface area contributed by atoms with E-state index in [9.17, 15) is 9.59 Å². The van der Waals surface area contributed by atoms with E-state index in [0.717, 1.165) is 17.7 Å². The Hall–Kier alpha value is -3.68. The van der Waals surface area contributed by atoms with Crippen molar-refractivity contribution in [3.63, 3.8) is 0 Å². The van der Waals surface area contributed by atoms with E-state index in [4.69, 9.17) is 13.9 Å². The summed E-state index contributed by atoms with van der Waals surface area (Å²) in [6.45, 7) is 2.25. The summed E-state index contributed by atoms with van der Waals surface area (Å²) in [5, 5.41) is 8.04. The molecule has 1 aliphatic heterocycles. The molecule has 1 atom stereocenters. The van der Waals surface area contributed by atoms with Crippen LogP contribution >= 0.6 is 0 Å². The molecule has 8 nitrogen and oxygen atoms in total. The van der Waals surface area contributed by atoms with Crippen LogP contribution in [0.25, 0.3) is 11.5 Å². The molecule has 1 aromatic heterocycles. The van der Waals surface area contributed by atoms with Crippen molar-refractivity contribution in [2.45, 2.75) is 25.9 Å². The fraction of sp³-hybridized carbons (Fsp3) is 0.273. The summed E-state index contributed by atoms with van der Waals surface area (Å²) in [4.78, 5) is 26.5. The van der Waals surface area contributed by atoms with E-state index in [0.29, 0.717) is 30.1 Å². The third-order valence-corrected chi connectivity index (χ3v) is 4.90. The van der Waals surface area contributed by atoms with Crippen LogP contribution < -0.4 is 9.64 Å². The lowest BCUT2D eigenvalue weighted by Gasteiger charge is -2.19. The molecule has 30 heavy (non-hydrogen) atoms. The highest BCUT2D eigenvalue weighted by Crippen LogP contribution is 2.29. The number of rotatable bonds is 6. The maximum absolute atomic E-state index is 12.8. The van der Waals surface area contributed by atoms with Crippen molar-refractivity contribution in [3.8, 4) is 17.2 Å². The van der Waals surface area contributed by atoms with Gasteiger partial charge in [-0.15, -0.1) is 10.2 Å². The van der Waals surface area contributed by atoms with E-state index in [-0.39, 0.29) is 11.8 Å². The van der Waals surface area contributed by atoms with E-state index < -0.39 is 12.1 Å². The SMILES string of the molecule is COc1ccc(-c2nnc([C@@H](C)OC(=O)c3ccccc3N3CCCC3=O)o2)cc1. The van der Waals surface area contributed by atoms with Crippen molar-refractivity contribution < 1.29 is 23.5 Å². The molecule has 1 fully saturated rings.